The van der Waals surface area contributed by atoms with Crippen molar-refractivity contribution in [2.24, 2.45) is 5.92 Å². The van der Waals surface area contributed by atoms with E-state index in [0.29, 0.717) is 32.5 Å². The quantitative estimate of drug-likeness (QED) is 0.476. The Morgan fingerprint density at radius 1 is 1.39 bits per heavy atom. The van der Waals surface area contributed by atoms with E-state index in [1.807, 2.05) is 0 Å². The van der Waals surface area contributed by atoms with Gasteiger partial charge in [-0.25, -0.2) is 4.79 Å². The SMILES string of the molecule is CCOC(=O)N1CCC(C(=O)c2cc([N+](=O)[O-])ccc2Cl)CC1. The number of carbonyl (C=O) groups excluding carboxylic acids is 2. The van der Waals surface area contributed by atoms with Gasteiger partial charge in [0.05, 0.1) is 16.6 Å². The summed E-state index contributed by atoms with van der Waals surface area (Å²) in [5.74, 6) is -0.526. The fourth-order valence-electron chi connectivity index (χ4n) is 2.57. The van der Waals surface area contributed by atoms with Crippen molar-refractivity contribution in [3.8, 4) is 0 Å². The molecular weight excluding hydrogens is 324 g/mol. The number of hydrogen-bond acceptors (Lipinski definition) is 5. The Balaban J connectivity index is 2.07. The van der Waals surface area contributed by atoms with Crippen molar-refractivity contribution in [1.82, 2.24) is 4.90 Å². The van der Waals surface area contributed by atoms with E-state index in [1.165, 1.54) is 18.2 Å². The summed E-state index contributed by atoms with van der Waals surface area (Å²) in [6, 6.07) is 3.84. The summed E-state index contributed by atoms with van der Waals surface area (Å²) in [6.45, 7) is 2.88. The Hall–Kier alpha value is -2.15. The van der Waals surface area contributed by atoms with Crippen molar-refractivity contribution in [3.05, 3.63) is 38.9 Å². The number of carbonyl (C=O) groups is 2. The minimum atomic E-state index is -0.559. The molecule has 0 spiro atoms. The molecule has 1 aromatic rings. The number of nitro benzene ring substituents is 1. The standard InChI is InChI=1S/C15H17ClN2O5/c1-2-23-15(20)17-7-5-10(6-8-17)14(19)12-9-11(18(21)22)3-4-13(12)16/h3-4,9-10H,2,5-8H2,1H3. The van der Waals surface area contributed by atoms with E-state index in [1.54, 1.807) is 11.8 Å². The van der Waals surface area contributed by atoms with Gasteiger partial charge < -0.3 is 9.64 Å². The van der Waals surface area contributed by atoms with Crippen molar-refractivity contribution in [2.75, 3.05) is 19.7 Å². The summed E-state index contributed by atoms with van der Waals surface area (Å²) < 4.78 is 4.93. The fourth-order valence-corrected chi connectivity index (χ4v) is 2.79. The average Bonchev–Trinajstić information content (AvgIpc) is 2.55. The van der Waals surface area contributed by atoms with Gasteiger partial charge in [0.1, 0.15) is 0 Å². The number of rotatable bonds is 4. The van der Waals surface area contributed by atoms with E-state index >= 15 is 0 Å². The molecule has 0 radical (unpaired) electrons. The second kappa shape index (κ2) is 7.41. The number of benzene rings is 1. The summed E-state index contributed by atoms with van der Waals surface area (Å²) >= 11 is 6.01. The third-order valence-corrected chi connectivity index (χ3v) is 4.15. The highest BCUT2D eigenvalue weighted by Crippen LogP contribution is 2.28. The second-order valence-corrected chi connectivity index (χ2v) is 5.65. The second-order valence-electron chi connectivity index (χ2n) is 5.25. The van der Waals surface area contributed by atoms with Crippen LogP contribution in [0.4, 0.5) is 10.5 Å². The van der Waals surface area contributed by atoms with Crippen molar-refractivity contribution in [2.45, 2.75) is 19.8 Å². The molecule has 0 aliphatic carbocycles. The summed E-state index contributed by atoms with van der Waals surface area (Å²) in [7, 11) is 0. The van der Waals surface area contributed by atoms with Gasteiger partial charge >= 0.3 is 6.09 Å². The predicted molar refractivity (Wildman–Crippen MR) is 83.8 cm³/mol. The lowest BCUT2D eigenvalue weighted by molar-refractivity contribution is -0.384. The van der Waals surface area contributed by atoms with Crippen LogP contribution in [0.1, 0.15) is 30.1 Å². The molecule has 1 heterocycles. The van der Waals surface area contributed by atoms with Gasteiger partial charge in [-0.3, -0.25) is 14.9 Å². The molecule has 1 amide bonds. The first-order chi connectivity index (χ1) is 10.9. The zero-order valence-corrected chi connectivity index (χ0v) is 13.4. The van der Waals surface area contributed by atoms with Gasteiger partial charge in [0.2, 0.25) is 0 Å². The summed E-state index contributed by atoms with van der Waals surface area (Å²) in [6.07, 6.45) is 0.583. The Morgan fingerprint density at radius 3 is 2.61 bits per heavy atom. The highest BCUT2D eigenvalue weighted by molar-refractivity contribution is 6.34. The molecule has 0 atom stereocenters. The molecule has 0 N–H and O–H groups in total. The highest BCUT2D eigenvalue weighted by Gasteiger charge is 2.30. The number of ether oxygens (including phenoxy) is 1. The van der Waals surface area contributed by atoms with Gasteiger partial charge in [-0.1, -0.05) is 11.6 Å². The van der Waals surface area contributed by atoms with E-state index in [9.17, 15) is 19.7 Å². The van der Waals surface area contributed by atoms with Gasteiger partial charge in [-0.2, -0.15) is 0 Å². The number of amides is 1. The van der Waals surface area contributed by atoms with Crippen LogP contribution in [0.3, 0.4) is 0 Å². The molecule has 124 valence electrons. The molecule has 1 aromatic carbocycles. The molecule has 1 aliphatic heterocycles. The Kier molecular flexibility index (Phi) is 5.54. The van der Waals surface area contributed by atoms with E-state index in [0.717, 1.165) is 0 Å². The van der Waals surface area contributed by atoms with E-state index < -0.39 is 4.92 Å². The number of nitro groups is 1. The van der Waals surface area contributed by atoms with Gasteiger partial charge in [0, 0.05) is 36.7 Å². The molecule has 1 fully saturated rings. The number of Topliss-reactive ketones (excluding diaryl/α,β-unsaturated/α-hetero) is 1. The minimum absolute atomic E-state index is 0.162. The van der Waals surface area contributed by atoms with Crippen LogP contribution in [-0.4, -0.2) is 41.4 Å². The molecule has 0 bridgehead atoms. The molecule has 23 heavy (non-hydrogen) atoms. The highest BCUT2D eigenvalue weighted by atomic mass is 35.5. The summed E-state index contributed by atoms with van der Waals surface area (Å²) in [5.41, 5.74) is -0.00263. The zero-order chi connectivity index (χ0) is 17.0. The van der Waals surface area contributed by atoms with Crippen LogP contribution in [0, 0.1) is 16.0 Å². The topological polar surface area (TPSA) is 89.8 Å². The maximum Gasteiger partial charge on any atom is 0.409 e. The molecule has 1 aliphatic rings. The van der Waals surface area contributed by atoms with Crippen molar-refractivity contribution in [3.63, 3.8) is 0 Å². The van der Waals surface area contributed by atoms with Crippen LogP contribution >= 0.6 is 11.6 Å². The molecule has 7 nitrogen and oxygen atoms in total. The Labute approximate surface area is 138 Å². The lowest BCUT2D eigenvalue weighted by Crippen LogP contribution is -2.40. The molecule has 2 rings (SSSR count). The fraction of sp³-hybridized carbons (Fsp3) is 0.467. The first-order valence-corrected chi connectivity index (χ1v) is 7.71. The maximum absolute atomic E-state index is 12.6. The number of hydrogen-bond donors (Lipinski definition) is 0. The molecule has 0 unspecified atom stereocenters. The van der Waals surface area contributed by atoms with E-state index in [2.05, 4.69) is 0 Å². The van der Waals surface area contributed by atoms with Crippen LogP contribution in [0.5, 0.6) is 0 Å². The number of nitrogens with zero attached hydrogens (tertiary/aromatic N) is 2. The largest absolute Gasteiger partial charge is 0.450 e. The Morgan fingerprint density at radius 2 is 2.04 bits per heavy atom. The van der Waals surface area contributed by atoms with Crippen molar-refractivity contribution in [1.29, 1.82) is 0 Å². The minimum Gasteiger partial charge on any atom is -0.450 e. The third kappa shape index (κ3) is 3.98. The number of ketones is 1. The van der Waals surface area contributed by atoms with Crippen LogP contribution in [0.15, 0.2) is 18.2 Å². The molecule has 0 saturated carbocycles. The molecule has 1 saturated heterocycles. The predicted octanol–water partition coefficient (Wildman–Crippen LogP) is 3.30. The van der Waals surface area contributed by atoms with Crippen LogP contribution < -0.4 is 0 Å². The Bertz CT molecular complexity index is 626. The number of piperidine rings is 1. The summed E-state index contributed by atoms with van der Waals surface area (Å²) in [4.78, 5) is 36.0. The molecular formula is C15H17ClN2O5. The molecule has 8 heteroatoms. The summed E-state index contributed by atoms with van der Waals surface area (Å²) in [5, 5.41) is 11.0. The first-order valence-electron chi connectivity index (χ1n) is 7.34. The van der Waals surface area contributed by atoms with Crippen molar-refractivity contribution < 1.29 is 19.2 Å². The van der Waals surface area contributed by atoms with Crippen LogP contribution in [-0.2, 0) is 4.74 Å². The van der Waals surface area contributed by atoms with E-state index in [4.69, 9.17) is 16.3 Å². The number of likely N-dealkylation sites (tertiary alicyclic amines) is 1. The monoisotopic (exact) mass is 340 g/mol. The van der Waals surface area contributed by atoms with Gasteiger partial charge in [0.15, 0.2) is 5.78 Å². The maximum atomic E-state index is 12.6. The zero-order valence-electron chi connectivity index (χ0n) is 12.7. The molecule has 0 aromatic heterocycles. The number of non-ortho nitro benzene ring substituents is 1. The van der Waals surface area contributed by atoms with E-state index in [-0.39, 0.29) is 34.1 Å². The smallest absolute Gasteiger partial charge is 0.409 e. The number of halogens is 1. The van der Waals surface area contributed by atoms with Gasteiger partial charge in [-0.05, 0) is 25.8 Å². The van der Waals surface area contributed by atoms with Gasteiger partial charge in [0.25, 0.3) is 5.69 Å². The normalized spacial score (nSPS) is 15.3. The first kappa shape index (κ1) is 17.2. The average molecular weight is 341 g/mol. The third-order valence-electron chi connectivity index (χ3n) is 3.82. The van der Waals surface area contributed by atoms with Gasteiger partial charge in [-0.15, -0.1) is 0 Å². The lowest BCUT2D eigenvalue weighted by Gasteiger charge is -2.30. The van der Waals surface area contributed by atoms with Crippen LogP contribution in [0.25, 0.3) is 0 Å². The lowest BCUT2D eigenvalue weighted by atomic mass is 9.89. The van der Waals surface area contributed by atoms with Crippen LogP contribution in [0.2, 0.25) is 5.02 Å². The van der Waals surface area contributed by atoms with Crippen molar-refractivity contribution >= 4 is 29.2 Å².